The van der Waals surface area contributed by atoms with E-state index in [-0.39, 0.29) is 24.3 Å². The number of benzene rings is 3. The molecule has 208 valence electrons. The SMILES string of the molecule is CN[C@H]1C[C@@H]2O[C@](C)([C@H]1OC)n1c3ccccc3c3c4c(c5c6ccccc6n2c5c31)C(=O)NC4.O=P(O)(O)O. The van der Waals surface area contributed by atoms with Gasteiger partial charge in [-0.25, -0.2) is 4.57 Å². The summed E-state index contributed by atoms with van der Waals surface area (Å²) in [6, 6.07) is 17.0. The number of aromatic nitrogens is 2. The van der Waals surface area contributed by atoms with Gasteiger partial charge in [-0.15, -0.1) is 0 Å². The van der Waals surface area contributed by atoms with E-state index in [1.165, 1.54) is 0 Å². The molecule has 1 fully saturated rings. The minimum absolute atomic E-state index is 0.00357. The van der Waals surface area contributed by atoms with Crippen molar-refractivity contribution in [2.24, 2.45) is 0 Å². The van der Waals surface area contributed by atoms with E-state index >= 15 is 0 Å². The number of rotatable bonds is 2. The van der Waals surface area contributed by atoms with Crippen LogP contribution in [0.1, 0.15) is 35.5 Å². The van der Waals surface area contributed by atoms with Crippen LogP contribution in [0.4, 0.5) is 0 Å². The van der Waals surface area contributed by atoms with Gasteiger partial charge in [0.25, 0.3) is 5.91 Å². The first kappa shape index (κ1) is 25.7. The predicted octanol–water partition coefficient (Wildman–Crippen LogP) is 3.43. The molecule has 8 rings (SSSR count). The number of phosphoric acid groups is 1. The molecule has 2 aromatic heterocycles. The first-order valence-corrected chi connectivity index (χ1v) is 14.6. The van der Waals surface area contributed by atoms with Gasteiger partial charge in [0.05, 0.1) is 27.6 Å². The smallest absolute Gasteiger partial charge is 0.375 e. The molecule has 1 saturated heterocycles. The van der Waals surface area contributed by atoms with Gasteiger partial charge in [0.1, 0.15) is 12.3 Å². The van der Waals surface area contributed by atoms with E-state index in [1.807, 2.05) is 7.05 Å². The molecular formula is C28H29N4O7P. The van der Waals surface area contributed by atoms with Crippen LogP contribution in [0.3, 0.4) is 0 Å². The molecule has 0 spiro atoms. The number of hydrogen-bond acceptors (Lipinski definition) is 5. The maximum Gasteiger partial charge on any atom is 0.466 e. The molecule has 4 atom stereocenters. The molecule has 40 heavy (non-hydrogen) atoms. The zero-order valence-corrected chi connectivity index (χ0v) is 23.0. The summed E-state index contributed by atoms with van der Waals surface area (Å²) < 4.78 is 26.8. The largest absolute Gasteiger partial charge is 0.466 e. The second-order valence-electron chi connectivity index (χ2n) is 10.7. The molecule has 0 unspecified atom stereocenters. The summed E-state index contributed by atoms with van der Waals surface area (Å²) in [7, 11) is -0.871. The summed E-state index contributed by atoms with van der Waals surface area (Å²) in [6.45, 7) is 2.68. The Morgan fingerprint density at radius 1 is 1.05 bits per heavy atom. The average molecular weight is 565 g/mol. The van der Waals surface area contributed by atoms with Crippen molar-refractivity contribution in [2.75, 3.05) is 14.2 Å². The molecule has 0 aliphatic carbocycles. The fourth-order valence-corrected chi connectivity index (χ4v) is 7.33. The molecule has 2 bridgehead atoms. The number of methoxy groups -OCH3 is 1. The van der Waals surface area contributed by atoms with E-state index in [0.717, 1.165) is 61.2 Å². The number of amides is 1. The Balaban J connectivity index is 0.000000490. The van der Waals surface area contributed by atoms with Crippen molar-refractivity contribution in [3.63, 3.8) is 0 Å². The van der Waals surface area contributed by atoms with Crippen molar-refractivity contribution in [3.8, 4) is 0 Å². The Kier molecular flexibility index (Phi) is 5.53. The van der Waals surface area contributed by atoms with Crippen molar-refractivity contribution in [1.82, 2.24) is 19.8 Å². The third-order valence-electron chi connectivity index (χ3n) is 8.60. The van der Waals surface area contributed by atoms with Crippen LogP contribution in [-0.4, -0.2) is 56.0 Å². The Labute approximate surface area is 228 Å². The van der Waals surface area contributed by atoms with E-state index < -0.39 is 13.5 Å². The summed E-state index contributed by atoms with van der Waals surface area (Å²) in [4.78, 5) is 34.9. The van der Waals surface area contributed by atoms with E-state index in [2.05, 4.69) is 75.2 Å². The van der Waals surface area contributed by atoms with E-state index in [1.54, 1.807) is 7.11 Å². The van der Waals surface area contributed by atoms with Gasteiger partial charge in [0.2, 0.25) is 0 Å². The Bertz CT molecular complexity index is 1920. The number of para-hydroxylation sites is 2. The lowest BCUT2D eigenvalue weighted by atomic mass is 9.93. The van der Waals surface area contributed by atoms with Gasteiger partial charge >= 0.3 is 7.82 Å². The van der Waals surface area contributed by atoms with Gasteiger partial charge in [0.15, 0.2) is 5.72 Å². The third-order valence-corrected chi connectivity index (χ3v) is 8.60. The van der Waals surface area contributed by atoms with Crippen molar-refractivity contribution >= 4 is 57.3 Å². The minimum Gasteiger partial charge on any atom is -0.375 e. The minimum atomic E-state index is -4.64. The molecule has 5 aromatic rings. The number of ether oxygens (including phenoxy) is 2. The van der Waals surface area contributed by atoms with Crippen molar-refractivity contribution < 1.29 is 33.5 Å². The molecule has 12 heteroatoms. The summed E-state index contributed by atoms with van der Waals surface area (Å²) in [6.07, 6.45) is 0.337. The highest BCUT2D eigenvalue weighted by atomic mass is 31.2. The molecule has 11 nitrogen and oxygen atoms in total. The topological polar surface area (TPSA) is 147 Å². The van der Waals surface area contributed by atoms with Gasteiger partial charge in [-0.05, 0) is 31.7 Å². The molecule has 3 aliphatic rings. The maximum atomic E-state index is 13.3. The number of carbonyl (C=O) groups excluding carboxylic acids is 1. The standard InChI is InChI=1S/C28H26N4O3.H3O4P/c1-28-26(34-3)17(29-2)12-20(35-28)31-18-10-6-4-8-14(18)22-23-16(13-30-27(23)33)21-15-9-5-7-11-19(15)32(28)25(21)24(22)31;1-5(2,3)4/h4-11,17,20,26,29H,12-13H2,1-3H3,(H,30,33);(H3,1,2,3,4)/t17-,20-,26-,28+;/m0./s1. The number of hydrogen-bond donors (Lipinski definition) is 5. The normalized spacial score (nSPS) is 25.4. The summed E-state index contributed by atoms with van der Waals surface area (Å²) in [5, 5.41) is 11.0. The highest BCUT2D eigenvalue weighted by molar-refractivity contribution is 7.45. The van der Waals surface area contributed by atoms with E-state index in [9.17, 15) is 4.79 Å². The Hall–Kier alpha value is -3.28. The van der Waals surface area contributed by atoms with Crippen LogP contribution >= 0.6 is 7.82 Å². The number of fused-ring (bicyclic) bond motifs is 13. The second-order valence-corrected chi connectivity index (χ2v) is 11.7. The van der Waals surface area contributed by atoms with Crippen LogP contribution in [0.5, 0.6) is 0 Å². The molecule has 1 amide bonds. The summed E-state index contributed by atoms with van der Waals surface area (Å²) in [5.74, 6) is 0.00357. The second kappa shape index (κ2) is 8.61. The highest BCUT2D eigenvalue weighted by Gasteiger charge is 2.53. The van der Waals surface area contributed by atoms with Gasteiger partial charge in [-0.1, -0.05) is 36.4 Å². The van der Waals surface area contributed by atoms with Crippen molar-refractivity contribution in [1.29, 1.82) is 0 Å². The van der Waals surface area contributed by atoms with Gasteiger partial charge < -0.3 is 43.9 Å². The van der Waals surface area contributed by atoms with Crippen LogP contribution in [0.15, 0.2) is 48.5 Å². The third kappa shape index (κ3) is 3.34. The van der Waals surface area contributed by atoms with Gasteiger partial charge in [0, 0.05) is 47.7 Å². The number of nitrogens with zero attached hydrogens (tertiary/aromatic N) is 2. The van der Waals surface area contributed by atoms with Crippen molar-refractivity contribution in [2.45, 2.75) is 44.0 Å². The fourth-order valence-electron chi connectivity index (χ4n) is 7.33. The van der Waals surface area contributed by atoms with Crippen molar-refractivity contribution in [3.05, 3.63) is 59.7 Å². The monoisotopic (exact) mass is 564 g/mol. The number of likely N-dealkylation sites (N-methyl/N-ethyl adjacent to an activating group) is 1. The quantitative estimate of drug-likeness (QED) is 0.205. The van der Waals surface area contributed by atoms with Crippen LogP contribution < -0.4 is 10.6 Å². The zero-order valence-electron chi connectivity index (χ0n) is 22.1. The lowest BCUT2D eigenvalue weighted by Gasteiger charge is -2.48. The van der Waals surface area contributed by atoms with E-state index in [4.69, 9.17) is 28.7 Å². The number of nitrogens with one attached hydrogen (secondary N) is 2. The molecule has 5 N–H and O–H groups in total. The molecular weight excluding hydrogens is 535 g/mol. The first-order valence-electron chi connectivity index (χ1n) is 13.0. The molecule has 3 aliphatic heterocycles. The summed E-state index contributed by atoms with van der Waals surface area (Å²) >= 11 is 0. The van der Waals surface area contributed by atoms with Gasteiger partial charge in [-0.3, -0.25) is 4.79 Å². The fraction of sp³-hybridized carbons (Fsp3) is 0.321. The van der Waals surface area contributed by atoms with Crippen LogP contribution in [0, 0.1) is 0 Å². The Morgan fingerprint density at radius 3 is 2.33 bits per heavy atom. The molecule has 0 saturated carbocycles. The first-order chi connectivity index (χ1) is 19.1. The average Bonchev–Trinajstić information content (AvgIpc) is 3.55. The van der Waals surface area contributed by atoms with Crippen LogP contribution in [0.25, 0.3) is 43.6 Å². The van der Waals surface area contributed by atoms with E-state index in [0.29, 0.717) is 6.54 Å². The maximum absolute atomic E-state index is 13.3. The lowest BCUT2D eigenvalue weighted by molar-refractivity contribution is -0.256. The number of carbonyl (C=O) groups is 1. The predicted molar refractivity (Wildman–Crippen MR) is 150 cm³/mol. The molecule has 0 radical (unpaired) electrons. The van der Waals surface area contributed by atoms with Gasteiger partial charge in [-0.2, -0.15) is 0 Å². The Morgan fingerprint density at radius 2 is 1.68 bits per heavy atom. The zero-order chi connectivity index (χ0) is 28.1. The highest BCUT2D eigenvalue weighted by Crippen LogP contribution is 2.53. The molecule has 5 heterocycles. The summed E-state index contributed by atoms with van der Waals surface area (Å²) in [5.41, 5.74) is 5.51. The van der Waals surface area contributed by atoms with Crippen LogP contribution in [-0.2, 0) is 26.3 Å². The molecule has 3 aromatic carbocycles. The lowest BCUT2D eigenvalue weighted by Crippen LogP contribution is -2.59. The van der Waals surface area contributed by atoms with Crippen LogP contribution in [0.2, 0.25) is 0 Å².